The number of hydrogen-bond acceptors (Lipinski definition) is 3. The van der Waals surface area contributed by atoms with E-state index >= 15 is 0 Å². The van der Waals surface area contributed by atoms with Crippen molar-refractivity contribution in [1.82, 2.24) is 24.1 Å². The summed E-state index contributed by atoms with van der Waals surface area (Å²) < 4.78 is 4.93. The first-order chi connectivity index (χ1) is 32.0. The molecule has 1 aliphatic rings. The smallest absolute Gasteiger partial charge is 0.164 e. The van der Waals surface area contributed by atoms with Crippen molar-refractivity contribution >= 4 is 43.6 Å². The number of para-hydroxylation sites is 1. The van der Waals surface area contributed by atoms with Crippen LogP contribution in [-0.2, 0) is 5.41 Å². The Morgan fingerprint density at radius 2 is 0.754 bits per heavy atom. The van der Waals surface area contributed by atoms with Gasteiger partial charge in [-0.25, -0.2) is 15.0 Å². The van der Waals surface area contributed by atoms with Crippen LogP contribution in [0.2, 0.25) is 0 Å². The maximum absolute atomic E-state index is 5.23. The lowest BCUT2D eigenvalue weighted by Crippen LogP contribution is -2.26. The van der Waals surface area contributed by atoms with Crippen LogP contribution in [0, 0.1) is 0 Å². The van der Waals surface area contributed by atoms with Gasteiger partial charge >= 0.3 is 0 Å². The summed E-state index contributed by atoms with van der Waals surface area (Å²) in [5.41, 5.74) is 16.9. The highest BCUT2D eigenvalue weighted by molar-refractivity contribution is 6.15. The second-order valence-corrected chi connectivity index (χ2v) is 17.7. The van der Waals surface area contributed by atoms with Crippen LogP contribution >= 0.6 is 0 Å². The van der Waals surface area contributed by atoms with Crippen LogP contribution in [0.25, 0.3) is 111 Å². The number of fused-ring (bicyclic) bond motifs is 8. The summed E-state index contributed by atoms with van der Waals surface area (Å²) in [7, 11) is 0. The first-order valence-corrected chi connectivity index (χ1v) is 22.3. The maximum atomic E-state index is 5.23. The molecule has 5 nitrogen and oxygen atoms in total. The highest BCUT2D eigenvalue weighted by Gasteiger charge is 2.36. The molecule has 0 saturated heterocycles. The molecule has 3 aromatic heterocycles. The minimum absolute atomic E-state index is 0.310. The average Bonchev–Trinajstić information content (AvgIpc) is 3.88. The summed E-state index contributed by atoms with van der Waals surface area (Å²) in [6, 6.07) is 76.2. The molecular weight excluding hydrogens is 791 g/mol. The largest absolute Gasteiger partial charge is 0.309 e. The highest BCUT2D eigenvalue weighted by Crippen LogP contribution is 2.49. The Morgan fingerprint density at radius 1 is 0.323 bits per heavy atom. The van der Waals surface area contributed by atoms with Crippen LogP contribution in [0.1, 0.15) is 25.0 Å². The summed E-state index contributed by atoms with van der Waals surface area (Å²) in [4.78, 5) is 15.5. The molecule has 0 atom stereocenters. The summed E-state index contributed by atoms with van der Waals surface area (Å²) in [5.74, 6) is 1.94. The molecule has 13 rings (SSSR count). The molecule has 65 heavy (non-hydrogen) atoms. The molecule has 0 fully saturated rings. The topological polar surface area (TPSA) is 48.5 Å². The fourth-order valence-electron chi connectivity index (χ4n) is 10.3. The summed E-state index contributed by atoms with van der Waals surface area (Å²) in [5, 5.41) is 4.78. The lowest BCUT2D eigenvalue weighted by atomic mass is 9.74. The number of hydrogen-bond donors (Lipinski definition) is 0. The van der Waals surface area contributed by atoms with E-state index in [0.29, 0.717) is 17.5 Å². The Kier molecular flexibility index (Phi) is 8.18. The maximum Gasteiger partial charge on any atom is 0.164 e. The molecule has 0 unspecified atom stereocenters. The zero-order valence-electron chi connectivity index (χ0n) is 35.9. The third-order valence-electron chi connectivity index (χ3n) is 13.5. The van der Waals surface area contributed by atoms with E-state index in [1.165, 1.54) is 66.1 Å². The molecule has 5 heteroatoms. The molecule has 0 aliphatic carbocycles. The third-order valence-corrected chi connectivity index (χ3v) is 13.5. The van der Waals surface area contributed by atoms with Crippen molar-refractivity contribution in [3.05, 3.63) is 223 Å². The summed E-state index contributed by atoms with van der Waals surface area (Å²) >= 11 is 0. The predicted molar refractivity (Wildman–Crippen MR) is 268 cm³/mol. The van der Waals surface area contributed by atoms with E-state index in [1.807, 2.05) is 36.4 Å². The minimum Gasteiger partial charge on any atom is -0.309 e. The van der Waals surface area contributed by atoms with Gasteiger partial charge in [-0.2, -0.15) is 0 Å². The van der Waals surface area contributed by atoms with Crippen LogP contribution < -0.4 is 0 Å². The van der Waals surface area contributed by atoms with Gasteiger partial charge in [0.15, 0.2) is 17.5 Å². The van der Waals surface area contributed by atoms with E-state index in [2.05, 4.69) is 199 Å². The van der Waals surface area contributed by atoms with Crippen molar-refractivity contribution in [2.75, 3.05) is 0 Å². The van der Waals surface area contributed by atoms with Crippen LogP contribution in [0.15, 0.2) is 212 Å². The van der Waals surface area contributed by atoms with Crippen LogP contribution in [-0.4, -0.2) is 24.1 Å². The lowest BCUT2D eigenvalue weighted by Gasteiger charge is -2.35. The van der Waals surface area contributed by atoms with Crippen molar-refractivity contribution in [3.63, 3.8) is 0 Å². The second-order valence-electron chi connectivity index (χ2n) is 17.7. The van der Waals surface area contributed by atoms with Gasteiger partial charge in [0.25, 0.3) is 0 Å². The molecule has 9 aromatic carbocycles. The Balaban J connectivity index is 1.09. The molecule has 0 spiro atoms. The van der Waals surface area contributed by atoms with E-state index in [0.717, 1.165) is 38.9 Å². The fourth-order valence-corrected chi connectivity index (χ4v) is 10.3. The van der Waals surface area contributed by atoms with E-state index in [4.69, 9.17) is 15.0 Å². The molecule has 0 N–H and O–H groups in total. The SMILES string of the molecule is CC1(C)c2ccccc2-n2c3ccc(-n4c5ccc(-c6ccccc6)cc5c5cc(-c6ccccc6)ccc54)cc3c3cc(-c4nc(-c5ccccc5)nc(-c5ccccc5)n4)cc1c32. The van der Waals surface area contributed by atoms with Crippen LogP contribution in [0.4, 0.5) is 0 Å². The van der Waals surface area contributed by atoms with Gasteiger partial charge in [0.1, 0.15) is 0 Å². The zero-order valence-corrected chi connectivity index (χ0v) is 35.9. The van der Waals surface area contributed by atoms with Gasteiger partial charge in [0.2, 0.25) is 0 Å². The zero-order chi connectivity index (χ0) is 43.2. The quantitative estimate of drug-likeness (QED) is 0.168. The second kappa shape index (κ2) is 14.3. The lowest BCUT2D eigenvalue weighted by molar-refractivity contribution is 0.630. The highest BCUT2D eigenvalue weighted by atomic mass is 15.0. The number of nitrogens with zero attached hydrogens (tertiary/aromatic N) is 5. The Morgan fingerprint density at radius 3 is 1.31 bits per heavy atom. The van der Waals surface area contributed by atoms with Gasteiger partial charge in [-0.3, -0.25) is 0 Å². The molecule has 0 radical (unpaired) electrons. The van der Waals surface area contributed by atoms with E-state index in [1.54, 1.807) is 0 Å². The van der Waals surface area contributed by atoms with Crippen molar-refractivity contribution in [2.45, 2.75) is 19.3 Å². The average molecular weight is 832 g/mol. The van der Waals surface area contributed by atoms with Crippen molar-refractivity contribution < 1.29 is 0 Å². The van der Waals surface area contributed by atoms with Crippen molar-refractivity contribution in [2.24, 2.45) is 0 Å². The number of benzene rings is 9. The van der Waals surface area contributed by atoms with Crippen molar-refractivity contribution in [3.8, 4) is 67.8 Å². The Bertz CT molecular complexity index is 3670. The van der Waals surface area contributed by atoms with Crippen LogP contribution in [0.3, 0.4) is 0 Å². The molecule has 0 amide bonds. The fraction of sp³-hybridized carbons (Fsp3) is 0.0500. The monoisotopic (exact) mass is 831 g/mol. The molecule has 306 valence electrons. The molecule has 12 aromatic rings. The van der Waals surface area contributed by atoms with Crippen LogP contribution in [0.5, 0.6) is 0 Å². The van der Waals surface area contributed by atoms with E-state index in [-0.39, 0.29) is 5.41 Å². The first kappa shape index (κ1) is 37.2. The predicted octanol–water partition coefficient (Wildman–Crippen LogP) is 15.0. The van der Waals surface area contributed by atoms with Gasteiger partial charge in [-0.15, -0.1) is 0 Å². The third kappa shape index (κ3) is 5.82. The van der Waals surface area contributed by atoms with Gasteiger partial charge in [-0.1, -0.05) is 166 Å². The normalized spacial score (nSPS) is 12.9. The molecular formula is C60H41N5. The Hall–Kier alpha value is -8.41. The van der Waals surface area contributed by atoms with E-state index < -0.39 is 0 Å². The first-order valence-electron chi connectivity index (χ1n) is 22.3. The van der Waals surface area contributed by atoms with Gasteiger partial charge < -0.3 is 9.13 Å². The number of rotatable bonds is 6. The Labute approximate surface area is 376 Å². The van der Waals surface area contributed by atoms with E-state index in [9.17, 15) is 0 Å². The van der Waals surface area contributed by atoms with Gasteiger partial charge in [0.05, 0.1) is 27.8 Å². The standard InChI is InChI=1S/C60H41N5/c1-60(2)50-25-15-16-26-55(50)65-54-32-29-45(64-52-30-27-42(38-17-7-3-8-18-38)33-46(52)47-34-43(28-31-53(47)64)39-19-9-4-10-20-39)37-48(54)49-35-44(36-51(60)56(49)65)59-62-57(40-21-11-5-12-22-40)61-58(63-59)41-23-13-6-14-24-41/h3-37H,1-2H3. The molecule has 1 aliphatic heterocycles. The molecule has 0 bridgehead atoms. The van der Waals surface area contributed by atoms with Crippen molar-refractivity contribution in [1.29, 1.82) is 0 Å². The van der Waals surface area contributed by atoms with Gasteiger partial charge in [0, 0.05) is 49.3 Å². The van der Waals surface area contributed by atoms with Gasteiger partial charge in [-0.05, 0) is 94.0 Å². The minimum atomic E-state index is -0.310. The number of aromatic nitrogens is 5. The molecule has 0 saturated carbocycles. The summed E-state index contributed by atoms with van der Waals surface area (Å²) in [6.45, 7) is 4.70. The summed E-state index contributed by atoms with van der Waals surface area (Å²) in [6.07, 6.45) is 0. The molecule has 4 heterocycles.